The normalized spacial score (nSPS) is 9.55. The van der Waals surface area contributed by atoms with Crippen LogP contribution in [0.3, 0.4) is 0 Å². The van der Waals surface area contributed by atoms with Crippen molar-refractivity contribution >= 4 is 20.5 Å². The molecule has 0 unspecified atom stereocenters. The van der Waals surface area contributed by atoms with Crippen LogP contribution in [0.5, 0.6) is 0 Å². The molecule has 3 aromatic rings. The Labute approximate surface area is 138 Å². The number of hydrogen-bond donors (Lipinski definition) is 0. The largest absolute Gasteiger partial charge is 0.345 e. The van der Waals surface area contributed by atoms with Gasteiger partial charge in [-0.2, -0.15) is 0 Å². The Balaban J connectivity index is 0.000000704. The molecule has 1 nitrogen and oxygen atoms in total. The molecular weight excluding hydrogens is 404 g/mol. The van der Waals surface area contributed by atoms with Crippen LogP contribution in [0.4, 0.5) is 0 Å². The van der Waals surface area contributed by atoms with Crippen molar-refractivity contribution in [2.24, 2.45) is 0 Å². The predicted octanol–water partition coefficient (Wildman–Crippen LogP) is 4.90. The van der Waals surface area contributed by atoms with Gasteiger partial charge in [0.15, 0.2) is 0 Å². The summed E-state index contributed by atoms with van der Waals surface area (Å²) in [5.74, 6) is 0. The van der Waals surface area contributed by atoms with Gasteiger partial charge in [0.2, 0.25) is 0 Å². The van der Waals surface area contributed by atoms with Crippen molar-refractivity contribution in [1.29, 1.82) is 0 Å². The van der Waals surface area contributed by atoms with Crippen LogP contribution in [0.2, 0.25) is 0 Å². The number of halogens is 1. The Morgan fingerprint density at radius 2 is 1.20 bits per heavy atom. The van der Waals surface area contributed by atoms with Crippen molar-refractivity contribution < 1.29 is 12.3 Å². The quantitative estimate of drug-likeness (QED) is 0.330. The second-order valence-electron chi connectivity index (χ2n) is 3.96. The third-order valence-electron chi connectivity index (χ3n) is 2.72. The molecule has 0 amide bonds. The van der Waals surface area contributed by atoms with Crippen LogP contribution in [0.25, 0.3) is 22.5 Å². The summed E-state index contributed by atoms with van der Waals surface area (Å²) in [6.45, 7) is 0. The van der Waals surface area contributed by atoms with E-state index >= 15 is 0 Å². The molecule has 0 aliphatic heterocycles. The van der Waals surface area contributed by atoms with Gasteiger partial charge in [0.05, 0.1) is 0 Å². The van der Waals surface area contributed by atoms with Crippen LogP contribution in [-0.2, 0) is 12.3 Å². The molecule has 2 aromatic carbocycles. The average molecular weight is 415 g/mol. The van der Waals surface area contributed by atoms with Crippen molar-refractivity contribution in [1.82, 2.24) is 4.98 Å². The smallest absolute Gasteiger partial charge is 0.0227 e. The molecule has 3 heteroatoms. The van der Waals surface area contributed by atoms with Crippen molar-refractivity contribution in [2.45, 2.75) is 0 Å². The third-order valence-corrected chi connectivity index (χ3v) is 2.72. The zero-order valence-corrected chi connectivity index (χ0v) is 13.6. The summed E-state index contributed by atoms with van der Waals surface area (Å²) < 4.78 is 0. The summed E-state index contributed by atoms with van der Waals surface area (Å²) in [6.07, 6.45) is 0. The molecule has 0 fully saturated rings. The van der Waals surface area contributed by atoms with Crippen LogP contribution in [0.15, 0.2) is 66.7 Å². The molecule has 0 spiro atoms. The van der Waals surface area contributed by atoms with Gasteiger partial charge in [-0.1, -0.05) is 18.2 Å². The molecule has 0 aliphatic rings. The molecule has 0 radical (unpaired) electrons. The van der Waals surface area contributed by atoms with E-state index in [1.54, 1.807) is 20.5 Å². The maximum absolute atomic E-state index is 4.65. The molecule has 0 N–H and O–H groups in total. The molecule has 1 aromatic heterocycles. The summed E-state index contributed by atoms with van der Waals surface area (Å²) in [5, 5.41) is 0. The van der Waals surface area contributed by atoms with Gasteiger partial charge in [0, 0.05) is 0 Å². The van der Waals surface area contributed by atoms with Gasteiger partial charge in [-0.3, -0.25) is 0 Å². The van der Waals surface area contributed by atoms with Crippen molar-refractivity contribution in [3.63, 3.8) is 0 Å². The molecular formula is C17H11INNi-2. The number of aromatic nitrogens is 1. The topological polar surface area (TPSA) is 12.9 Å². The molecule has 3 rings (SSSR count). The molecule has 0 aliphatic carbocycles. The van der Waals surface area contributed by atoms with Gasteiger partial charge in [0.25, 0.3) is 0 Å². The summed E-state index contributed by atoms with van der Waals surface area (Å²) in [7, 11) is 0. The van der Waals surface area contributed by atoms with E-state index in [0.717, 1.165) is 22.5 Å². The van der Waals surface area contributed by atoms with Gasteiger partial charge < -0.3 is 4.98 Å². The average Bonchev–Trinajstić information content (AvgIpc) is 2.58. The van der Waals surface area contributed by atoms with Gasteiger partial charge in [-0.15, -0.1) is 71.8 Å². The van der Waals surface area contributed by atoms with Gasteiger partial charge >= 0.3 is 32.8 Å². The van der Waals surface area contributed by atoms with Crippen LogP contribution in [0.1, 0.15) is 0 Å². The summed E-state index contributed by atoms with van der Waals surface area (Å²) in [4.78, 5) is 4.65. The summed E-state index contributed by atoms with van der Waals surface area (Å²) >= 11 is 5.62. The molecule has 0 atom stereocenters. The Bertz CT molecular complexity index is 587. The first-order chi connectivity index (χ1) is 9.93. The van der Waals surface area contributed by atoms with E-state index in [1.807, 2.05) is 66.7 Å². The van der Waals surface area contributed by atoms with E-state index < -0.39 is 0 Å². The monoisotopic (exact) mass is 414 g/mol. The maximum Gasteiger partial charge on any atom is -0.0227 e. The number of benzene rings is 2. The van der Waals surface area contributed by atoms with Gasteiger partial charge in [0.1, 0.15) is 0 Å². The number of nitrogens with zero attached hydrogens (tertiary/aromatic N) is 1. The zero-order chi connectivity index (χ0) is 14.2. The van der Waals surface area contributed by atoms with E-state index in [4.69, 9.17) is 0 Å². The Morgan fingerprint density at radius 3 is 1.60 bits per heavy atom. The SMILES string of the molecule is [Ni][I].[c-]1ccccc1-c1cccc(-c2[c-]cccc2)n1. The van der Waals surface area contributed by atoms with E-state index in [-0.39, 0.29) is 0 Å². The van der Waals surface area contributed by atoms with Crippen LogP contribution in [-0.4, -0.2) is 4.98 Å². The van der Waals surface area contributed by atoms with Crippen LogP contribution < -0.4 is 0 Å². The van der Waals surface area contributed by atoms with Crippen molar-refractivity contribution in [3.8, 4) is 22.5 Å². The second-order valence-corrected chi connectivity index (χ2v) is 3.96. The number of rotatable bonds is 2. The van der Waals surface area contributed by atoms with Gasteiger partial charge in [-0.05, 0) is 11.4 Å². The Morgan fingerprint density at radius 1 is 0.700 bits per heavy atom. The molecule has 103 valence electrons. The van der Waals surface area contributed by atoms with Crippen LogP contribution >= 0.6 is 20.5 Å². The molecule has 0 bridgehead atoms. The standard InChI is InChI=1S/C17H11N.HI.Ni/c1-3-8-14(9-4-1)16-12-7-13-17(18-16)15-10-5-2-6-11-15;;/h1-8,10,12-13H;1H;/q-2;;+1/p-1. The summed E-state index contributed by atoms with van der Waals surface area (Å²) in [6, 6.07) is 28.1. The van der Waals surface area contributed by atoms with E-state index in [1.165, 1.54) is 0 Å². The first kappa shape index (κ1) is 15.2. The van der Waals surface area contributed by atoms with E-state index in [9.17, 15) is 0 Å². The van der Waals surface area contributed by atoms with Crippen molar-refractivity contribution in [3.05, 3.63) is 78.9 Å². The maximum atomic E-state index is 4.65. The molecule has 1 heterocycles. The Hall–Kier alpha value is -1.19. The molecule has 0 saturated carbocycles. The predicted molar refractivity (Wildman–Crippen MR) is 86.8 cm³/mol. The van der Waals surface area contributed by atoms with E-state index in [0.29, 0.717) is 0 Å². The Kier molecular flexibility index (Phi) is 6.22. The first-order valence-corrected chi connectivity index (χ1v) is 9.15. The minimum Gasteiger partial charge on any atom is -0.345 e. The fourth-order valence-electron chi connectivity index (χ4n) is 1.84. The number of pyridine rings is 1. The fraction of sp³-hybridized carbons (Fsp3) is 0. The first-order valence-electron chi connectivity index (χ1n) is 5.97. The zero-order valence-electron chi connectivity index (χ0n) is 10.5. The molecule has 0 saturated heterocycles. The molecule has 20 heavy (non-hydrogen) atoms. The van der Waals surface area contributed by atoms with Gasteiger partial charge in [-0.25, -0.2) is 0 Å². The minimum absolute atomic E-state index is 0.936. The number of hydrogen-bond acceptors (Lipinski definition) is 1. The minimum atomic E-state index is 0.936. The van der Waals surface area contributed by atoms with E-state index in [2.05, 4.69) is 29.4 Å². The fourth-order valence-corrected chi connectivity index (χ4v) is 1.84. The van der Waals surface area contributed by atoms with Crippen molar-refractivity contribution in [2.75, 3.05) is 0 Å². The summed E-state index contributed by atoms with van der Waals surface area (Å²) in [5.41, 5.74) is 3.89. The second kappa shape index (κ2) is 8.18. The third kappa shape index (κ3) is 3.90. The van der Waals surface area contributed by atoms with Crippen LogP contribution in [0, 0.1) is 12.1 Å².